The average Bonchev–Trinajstić information content (AvgIpc) is 2.46. The smallest absolute Gasteiger partial charge is 0.356 e. The van der Waals surface area contributed by atoms with E-state index in [9.17, 15) is 9.59 Å². The molecule has 6 nitrogen and oxygen atoms in total. The Morgan fingerprint density at radius 2 is 2.00 bits per heavy atom. The highest BCUT2D eigenvalue weighted by atomic mass is 16.5. The second-order valence-corrected chi connectivity index (χ2v) is 4.42. The molecule has 0 N–H and O–H groups in total. The van der Waals surface area contributed by atoms with Crippen LogP contribution in [0.1, 0.15) is 29.0 Å². The minimum atomic E-state index is -0.444. The van der Waals surface area contributed by atoms with E-state index in [1.54, 1.807) is 12.1 Å². The van der Waals surface area contributed by atoms with E-state index >= 15 is 0 Å². The standard InChI is InChI=1S/C14H20N2O4/c1-16(9-5-8-13(17)19-2)10-11-6-4-7-12(15-11)14(18)20-3/h4,6-7H,5,8-10H2,1-3H3. The summed E-state index contributed by atoms with van der Waals surface area (Å²) >= 11 is 0. The number of carbonyl (C=O) groups excluding carboxylic acids is 2. The molecule has 0 spiro atoms. The van der Waals surface area contributed by atoms with E-state index in [1.807, 2.05) is 18.0 Å². The maximum Gasteiger partial charge on any atom is 0.356 e. The predicted molar refractivity (Wildman–Crippen MR) is 73.2 cm³/mol. The van der Waals surface area contributed by atoms with Gasteiger partial charge in [0.15, 0.2) is 0 Å². The molecule has 0 radical (unpaired) electrons. The Labute approximate surface area is 118 Å². The third-order valence-electron chi connectivity index (χ3n) is 2.78. The van der Waals surface area contributed by atoms with Crippen LogP contribution in [-0.4, -0.2) is 49.6 Å². The largest absolute Gasteiger partial charge is 0.469 e. The summed E-state index contributed by atoms with van der Waals surface area (Å²) < 4.78 is 9.22. The van der Waals surface area contributed by atoms with Crippen molar-refractivity contribution < 1.29 is 19.1 Å². The molecule has 0 bridgehead atoms. The molecule has 0 aliphatic heterocycles. The lowest BCUT2D eigenvalue weighted by atomic mass is 10.2. The van der Waals surface area contributed by atoms with E-state index < -0.39 is 5.97 Å². The van der Waals surface area contributed by atoms with Crippen LogP contribution in [0.4, 0.5) is 0 Å². The lowest BCUT2D eigenvalue weighted by molar-refractivity contribution is -0.140. The number of esters is 2. The number of hydrogen-bond donors (Lipinski definition) is 0. The molecule has 20 heavy (non-hydrogen) atoms. The molecule has 0 aliphatic carbocycles. The topological polar surface area (TPSA) is 68.7 Å². The van der Waals surface area contributed by atoms with Crippen molar-refractivity contribution in [3.05, 3.63) is 29.6 Å². The van der Waals surface area contributed by atoms with Crippen molar-refractivity contribution in [1.29, 1.82) is 0 Å². The summed E-state index contributed by atoms with van der Waals surface area (Å²) in [6.07, 6.45) is 1.12. The molecule has 0 atom stereocenters. The molecular weight excluding hydrogens is 260 g/mol. The second kappa shape index (κ2) is 8.27. The quantitative estimate of drug-likeness (QED) is 0.700. The van der Waals surface area contributed by atoms with Crippen LogP contribution in [0.5, 0.6) is 0 Å². The van der Waals surface area contributed by atoms with Gasteiger partial charge in [0.2, 0.25) is 0 Å². The minimum Gasteiger partial charge on any atom is -0.469 e. The molecule has 0 amide bonds. The second-order valence-electron chi connectivity index (χ2n) is 4.42. The maximum absolute atomic E-state index is 11.4. The molecular formula is C14H20N2O4. The van der Waals surface area contributed by atoms with Crippen LogP contribution in [0, 0.1) is 0 Å². The van der Waals surface area contributed by atoms with E-state index in [-0.39, 0.29) is 5.97 Å². The lowest BCUT2D eigenvalue weighted by Crippen LogP contribution is -2.21. The van der Waals surface area contributed by atoms with Gasteiger partial charge in [-0.05, 0) is 32.1 Å². The van der Waals surface area contributed by atoms with Crippen LogP contribution < -0.4 is 0 Å². The van der Waals surface area contributed by atoms with E-state index in [1.165, 1.54) is 14.2 Å². The Hall–Kier alpha value is -1.95. The van der Waals surface area contributed by atoms with Gasteiger partial charge >= 0.3 is 11.9 Å². The van der Waals surface area contributed by atoms with Crippen LogP contribution in [0.3, 0.4) is 0 Å². The summed E-state index contributed by atoms with van der Waals surface area (Å²) in [5.41, 5.74) is 1.08. The maximum atomic E-state index is 11.4. The highest BCUT2D eigenvalue weighted by molar-refractivity contribution is 5.87. The number of hydrogen-bond acceptors (Lipinski definition) is 6. The van der Waals surface area contributed by atoms with E-state index in [0.29, 0.717) is 18.7 Å². The number of rotatable bonds is 7. The molecule has 0 aliphatic rings. The SMILES string of the molecule is COC(=O)CCCN(C)Cc1cccc(C(=O)OC)n1. The van der Waals surface area contributed by atoms with Gasteiger partial charge in [-0.25, -0.2) is 9.78 Å². The molecule has 0 unspecified atom stereocenters. The number of nitrogens with zero attached hydrogens (tertiary/aromatic N) is 2. The third-order valence-corrected chi connectivity index (χ3v) is 2.78. The zero-order valence-electron chi connectivity index (χ0n) is 12.1. The fraction of sp³-hybridized carbons (Fsp3) is 0.500. The zero-order valence-corrected chi connectivity index (χ0v) is 12.1. The molecule has 6 heteroatoms. The fourth-order valence-electron chi connectivity index (χ4n) is 1.74. The first-order valence-corrected chi connectivity index (χ1v) is 6.36. The van der Waals surface area contributed by atoms with Crippen molar-refractivity contribution in [3.8, 4) is 0 Å². The van der Waals surface area contributed by atoms with Gasteiger partial charge in [-0.1, -0.05) is 6.07 Å². The van der Waals surface area contributed by atoms with Crippen LogP contribution in [-0.2, 0) is 20.8 Å². The molecule has 0 saturated heterocycles. The summed E-state index contributed by atoms with van der Waals surface area (Å²) in [5.74, 6) is -0.649. The average molecular weight is 280 g/mol. The monoisotopic (exact) mass is 280 g/mol. The van der Waals surface area contributed by atoms with Crippen LogP contribution >= 0.6 is 0 Å². The number of methoxy groups -OCH3 is 2. The molecule has 1 heterocycles. The predicted octanol–water partition coefficient (Wildman–Crippen LogP) is 1.25. The van der Waals surface area contributed by atoms with Crippen LogP contribution in [0.2, 0.25) is 0 Å². The third kappa shape index (κ3) is 5.36. The van der Waals surface area contributed by atoms with Gasteiger partial charge in [-0.2, -0.15) is 0 Å². The Morgan fingerprint density at radius 1 is 1.25 bits per heavy atom. The molecule has 1 aromatic heterocycles. The minimum absolute atomic E-state index is 0.204. The van der Waals surface area contributed by atoms with Crippen molar-refractivity contribution in [2.75, 3.05) is 27.8 Å². The zero-order chi connectivity index (χ0) is 15.0. The normalized spacial score (nSPS) is 10.4. The van der Waals surface area contributed by atoms with Gasteiger partial charge in [0.25, 0.3) is 0 Å². The van der Waals surface area contributed by atoms with Gasteiger partial charge in [0.05, 0.1) is 19.9 Å². The summed E-state index contributed by atoms with van der Waals surface area (Å²) in [7, 11) is 4.65. The molecule has 1 aromatic rings. The van der Waals surface area contributed by atoms with Crippen LogP contribution in [0.25, 0.3) is 0 Å². The van der Waals surface area contributed by atoms with E-state index in [2.05, 4.69) is 14.5 Å². The van der Waals surface area contributed by atoms with Crippen molar-refractivity contribution in [1.82, 2.24) is 9.88 Å². The summed E-state index contributed by atoms with van der Waals surface area (Å²) in [6.45, 7) is 1.35. The number of ether oxygens (including phenoxy) is 2. The summed E-state index contributed by atoms with van der Waals surface area (Å²) in [5, 5.41) is 0. The highest BCUT2D eigenvalue weighted by Gasteiger charge is 2.09. The highest BCUT2D eigenvalue weighted by Crippen LogP contribution is 2.05. The molecule has 0 aromatic carbocycles. The molecule has 0 saturated carbocycles. The van der Waals surface area contributed by atoms with Gasteiger partial charge in [-0.15, -0.1) is 0 Å². The molecule has 1 rings (SSSR count). The van der Waals surface area contributed by atoms with Crippen molar-refractivity contribution in [3.63, 3.8) is 0 Å². The van der Waals surface area contributed by atoms with Gasteiger partial charge in [-0.3, -0.25) is 4.79 Å². The van der Waals surface area contributed by atoms with Crippen molar-refractivity contribution in [2.24, 2.45) is 0 Å². The number of carbonyl (C=O) groups is 2. The van der Waals surface area contributed by atoms with Crippen LogP contribution in [0.15, 0.2) is 18.2 Å². The number of pyridine rings is 1. The lowest BCUT2D eigenvalue weighted by Gasteiger charge is -2.15. The van der Waals surface area contributed by atoms with Gasteiger partial charge in [0.1, 0.15) is 5.69 Å². The molecule has 0 fully saturated rings. The Morgan fingerprint density at radius 3 is 2.65 bits per heavy atom. The summed E-state index contributed by atoms with van der Waals surface area (Å²) in [6, 6.07) is 5.24. The molecule has 110 valence electrons. The summed E-state index contributed by atoms with van der Waals surface area (Å²) in [4.78, 5) is 28.7. The van der Waals surface area contributed by atoms with Crippen molar-refractivity contribution >= 4 is 11.9 Å². The van der Waals surface area contributed by atoms with E-state index in [0.717, 1.165) is 18.7 Å². The first-order valence-electron chi connectivity index (χ1n) is 6.36. The van der Waals surface area contributed by atoms with E-state index in [4.69, 9.17) is 0 Å². The fourth-order valence-corrected chi connectivity index (χ4v) is 1.74. The van der Waals surface area contributed by atoms with Gasteiger partial charge in [0, 0.05) is 13.0 Å². The Balaban J connectivity index is 2.47. The number of aromatic nitrogens is 1. The Kier molecular flexibility index (Phi) is 6.66. The van der Waals surface area contributed by atoms with Gasteiger partial charge < -0.3 is 14.4 Å². The first kappa shape index (κ1) is 16.1. The first-order chi connectivity index (χ1) is 9.56. The Bertz CT molecular complexity index is 462. The van der Waals surface area contributed by atoms with Crippen molar-refractivity contribution in [2.45, 2.75) is 19.4 Å².